The summed E-state index contributed by atoms with van der Waals surface area (Å²) in [5.41, 5.74) is 1.99. The van der Waals surface area contributed by atoms with Gasteiger partial charge in [-0.3, -0.25) is 9.32 Å². The molecule has 1 saturated heterocycles. The van der Waals surface area contributed by atoms with Crippen molar-refractivity contribution in [1.82, 2.24) is 0 Å². The normalized spacial score (nSPS) is 16.8. The molecular weight excluding hydrogens is 291 g/mol. The molecule has 21 heavy (non-hydrogen) atoms. The lowest BCUT2D eigenvalue weighted by atomic mass is 10.1. The highest BCUT2D eigenvalue weighted by molar-refractivity contribution is 7.42. The number of carbonyl (C=O) groups excluding carboxylic acids is 1. The molecule has 1 fully saturated rings. The number of rotatable bonds is 8. The molecular formula is C15H19O5P. The van der Waals surface area contributed by atoms with Gasteiger partial charge in [-0.1, -0.05) is 43.8 Å². The number of hydrogen-bond donors (Lipinski definition) is 0. The first kappa shape index (κ1) is 16.3. The number of ether oxygens (including phenoxy) is 1. The van der Waals surface area contributed by atoms with Gasteiger partial charge in [0.1, 0.15) is 0 Å². The fourth-order valence-corrected chi connectivity index (χ4v) is 2.65. The molecule has 0 amide bonds. The molecule has 1 heterocycles. The third-order valence-corrected chi connectivity index (χ3v) is 4.04. The molecule has 1 aromatic carbocycles. The van der Waals surface area contributed by atoms with Crippen LogP contribution in [0.1, 0.15) is 24.5 Å². The van der Waals surface area contributed by atoms with E-state index in [9.17, 15) is 4.79 Å². The molecule has 5 nitrogen and oxygen atoms in total. The number of Topliss-reactive ketones (excluding diaryl/α,β-unsaturated/α-hetero) is 1. The minimum Gasteiger partial charge on any atom is -0.341 e. The van der Waals surface area contributed by atoms with Crippen molar-refractivity contribution in [2.45, 2.75) is 26.2 Å². The molecule has 0 saturated carbocycles. The van der Waals surface area contributed by atoms with E-state index in [2.05, 4.69) is 6.58 Å². The Morgan fingerprint density at radius 3 is 2.62 bits per heavy atom. The van der Waals surface area contributed by atoms with Crippen molar-refractivity contribution in [2.24, 2.45) is 0 Å². The maximum absolute atomic E-state index is 11.9. The van der Waals surface area contributed by atoms with Crippen LogP contribution < -0.4 is 0 Å². The van der Waals surface area contributed by atoms with E-state index in [1.165, 1.54) is 0 Å². The highest BCUT2D eigenvalue weighted by atomic mass is 31.2. The van der Waals surface area contributed by atoms with E-state index in [-0.39, 0.29) is 12.4 Å². The molecule has 0 aromatic heterocycles. The lowest BCUT2D eigenvalue weighted by molar-refractivity contribution is -0.153. The van der Waals surface area contributed by atoms with Crippen LogP contribution in [0.2, 0.25) is 0 Å². The third-order valence-electron chi connectivity index (χ3n) is 2.89. The Hall–Kier alpha value is -1.10. The van der Waals surface area contributed by atoms with Gasteiger partial charge in [0.05, 0.1) is 19.8 Å². The van der Waals surface area contributed by atoms with E-state index < -0.39 is 14.9 Å². The molecule has 2 rings (SSSR count). The van der Waals surface area contributed by atoms with Crippen LogP contribution >= 0.6 is 8.60 Å². The smallest absolute Gasteiger partial charge is 0.335 e. The second-order valence-corrected chi connectivity index (χ2v) is 5.58. The minimum atomic E-state index is -1.47. The second kappa shape index (κ2) is 8.37. The van der Waals surface area contributed by atoms with Gasteiger partial charge in [-0.25, -0.2) is 0 Å². The summed E-state index contributed by atoms with van der Waals surface area (Å²) in [6, 6.07) is 7.74. The van der Waals surface area contributed by atoms with Crippen LogP contribution in [0.5, 0.6) is 0 Å². The van der Waals surface area contributed by atoms with Gasteiger partial charge in [-0.2, -0.15) is 0 Å². The average molecular weight is 310 g/mol. The van der Waals surface area contributed by atoms with Crippen LogP contribution in [0.3, 0.4) is 0 Å². The SMILES string of the molecule is C=Cc1ccc(COC(OP2OCCO2)C(=O)CC)cc1. The van der Waals surface area contributed by atoms with Crippen molar-refractivity contribution in [3.05, 3.63) is 42.0 Å². The molecule has 1 unspecified atom stereocenters. The quantitative estimate of drug-likeness (QED) is 0.544. The Bertz CT molecular complexity index is 467. The monoisotopic (exact) mass is 310 g/mol. The largest absolute Gasteiger partial charge is 0.341 e. The number of ketones is 1. The van der Waals surface area contributed by atoms with E-state index in [1.807, 2.05) is 24.3 Å². The summed E-state index contributed by atoms with van der Waals surface area (Å²) in [7, 11) is -1.47. The van der Waals surface area contributed by atoms with Gasteiger partial charge in [0, 0.05) is 6.42 Å². The standard InChI is InChI=1S/C15H19O5P/c1-3-12-5-7-13(8-6-12)11-17-15(14(16)4-2)20-21-18-9-10-19-21/h3,5-8,15H,1,4,9-11H2,2H3. The van der Waals surface area contributed by atoms with Gasteiger partial charge in [-0.15, -0.1) is 0 Å². The van der Waals surface area contributed by atoms with E-state index in [0.717, 1.165) is 11.1 Å². The highest BCUT2D eigenvalue weighted by Crippen LogP contribution is 2.45. The molecule has 0 aliphatic carbocycles. The first-order valence-electron chi connectivity index (χ1n) is 6.81. The molecule has 1 aliphatic rings. The molecule has 0 N–H and O–H groups in total. The van der Waals surface area contributed by atoms with E-state index in [4.69, 9.17) is 18.3 Å². The maximum Gasteiger partial charge on any atom is 0.335 e. The summed E-state index contributed by atoms with van der Waals surface area (Å²) in [6.45, 7) is 6.74. The fourth-order valence-electron chi connectivity index (χ4n) is 1.67. The maximum atomic E-state index is 11.9. The fraction of sp³-hybridized carbons (Fsp3) is 0.400. The Labute approximate surface area is 125 Å². The molecule has 1 aliphatic heterocycles. The van der Waals surface area contributed by atoms with Crippen molar-refractivity contribution < 1.29 is 23.1 Å². The lowest BCUT2D eigenvalue weighted by Gasteiger charge is -2.18. The van der Waals surface area contributed by atoms with Crippen LogP contribution in [0.4, 0.5) is 0 Å². The first-order chi connectivity index (χ1) is 10.2. The minimum absolute atomic E-state index is 0.126. The van der Waals surface area contributed by atoms with E-state index >= 15 is 0 Å². The van der Waals surface area contributed by atoms with Crippen molar-refractivity contribution in [3.63, 3.8) is 0 Å². The van der Waals surface area contributed by atoms with Gasteiger partial charge in [0.2, 0.25) is 6.29 Å². The summed E-state index contributed by atoms with van der Waals surface area (Å²) in [5.74, 6) is -0.126. The van der Waals surface area contributed by atoms with Crippen molar-refractivity contribution in [3.8, 4) is 0 Å². The van der Waals surface area contributed by atoms with Crippen molar-refractivity contribution in [1.29, 1.82) is 0 Å². The molecule has 6 heteroatoms. The summed E-state index contributed by atoms with van der Waals surface area (Å²) in [5, 5.41) is 0. The topological polar surface area (TPSA) is 54.0 Å². The van der Waals surface area contributed by atoms with E-state index in [0.29, 0.717) is 19.6 Å². The van der Waals surface area contributed by atoms with Crippen molar-refractivity contribution >= 4 is 20.5 Å². The summed E-state index contributed by atoms with van der Waals surface area (Å²) in [6.07, 6.45) is 1.16. The van der Waals surface area contributed by atoms with Crippen LogP contribution in [-0.2, 0) is 29.7 Å². The summed E-state index contributed by atoms with van der Waals surface area (Å²) < 4.78 is 21.5. The van der Waals surface area contributed by atoms with Crippen LogP contribution in [-0.4, -0.2) is 25.3 Å². The zero-order valence-corrected chi connectivity index (χ0v) is 12.9. The first-order valence-corrected chi connectivity index (χ1v) is 7.91. The van der Waals surface area contributed by atoms with Gasteiger partial charge in [0.25, 0.3) is 0 Å². The average Bonchev–Trinajstić information content (AvgIpc) is 3.04. The molecule has 0 bridgehead atoms. The zero-order chi connectivity index (χ0) is 15.1. The van der Waals surface area contributed by atoms with Gasteiger partial charge in [0.15, 0.2) is 5.78 Å². The number of hydrogen-bond acceptors (Lipinski definition) is 5. The molecule has 114 valence electrons. The Kier molecular flexibility index (Phi) is 6.49. The zero-order valence-electron chi connectivity index (χ0n) is 12.0. The predicted octanol–water partition coefficient (Wildman–Crippen LogP) is 3.44. The number of benzene rings is 1. The van der Waals surface area contributed by atoms with Crippen LogP contribution in [0.25, 0.3) is 6.08 Å². The molecule has 0 radical (unpaired) electrons. The Morgan fingerprint density at radius 1 is 1.38 bits per heavy atom. The summed E-state index contributed by atoms with van der Waals surface area (Å²) in [4.78, 5) is 11.9. The van der Waals surface area contributed by atoms with Crippen LogP contribution in [0, 0.1) is 0 Å². The number of carbonyl (C=O) groups is 1. The van der Waals surface area contributed by atoms with Crippen molar-refractivity contribution in [2.75, 3.05) is 13.2 Å². The predicted molar refractivity (Wildman–Crippen MR) is 80.3 cm³/mol. The Balaban J connectivity index is 1.90. The van der Waals surface area contributed by atoms with E-state index in [1.54, 1.807) is 13.0 Å². The van der Waals surface area contributed by atoms with Crippen LogP contribution in [0.15, 0.2) is 30.8 Å². The van der Waals surface area contributed by atoms with Gasteiger partial charge >= 0.3 is 8.60 Å². The Morgan fingerprint density at radius 2 is 2.05 bits per heavy atom. The van der Waals surface area contributed by atoms with Gasteiger partial charge in [-0.05, 0) is 11.1 Å². The molecule has 1 aromatic rings. The van der Waals surface area contributed by atoms with Gasteiger partial charge < -0.3 is 13.8 Å². The highest BCUT2D eigenvalue weighted by Gasteiger charge is 2.28. The lowest BCUT2D eigenvalue weighted by Crippen LogP contribution is -2.25. The second-order valence-electron chi connectivity index (χ2n) is 4.40. The molecule has 0 spiro atoms. The third kappa shape index (κ3) is 4.99. The molecule has 1 atom stereocenters. The summed E-state index contributed by atoms with van der Waals surface area (Å²) >= 11 is 0.